The SMILES string of the molecule is O=CC1C=CCN1S(=O)c1ccc(F)cc1. The van der Waals surface area contributed by atoms with E-state index in [1.807, 2.05) is 0 Å². The minimum absolute atomic E-state index is 0.368. The standard InChI is InChI=1S/C11H10FNO2S/c12-9-3-5-11(6-4-9)16(15)13-7-1-2-10(13)8-14/h1-6,8,10H,7H2. The molecule has 0 spiro atoms. The molecular weight excluding hydrogens is 229 g/mol. The molecule has 2 rings (SSSR count). The lowest BCUT2D eigenvalue weighted by atomic mass is 10.3. The molecule has 16 heavy (non-hydrogen) atoms. The van der Waals surface area contributed by atoms with Crippen LogP contribution in [0.4, 0.5) is 4.39 Å². The molecule has 1 aliphatic rings. The van der Waals surface area contributed by atoms with E-state index in [2.05, 4.69) is 0 Å². The van der Waals surface area contributed by atoms with Crippen LogP contribution in [0.1, 0.15) is 0 Å². The number of aldehydes is 1. The zero-order chi connectivity index (χ0) is 11.5. The third kappa shape index (κ3) is 2.10. The third-order valence-corrected chi connectivity index (χ3v) is 3.81. The van der Waals surface area contributed by atoms with Gasteiger partial charge in [-0.15, -0.1) is 0 Å². The first kappa shape index (κ1) is 11.2. The van der Waals surface area contributed by atoms with Crippen LogP contribution in [0.3, 0.4) is 0 Å². The molecule has 2 unspecified atom stereocenters. The highest BCUT2D eigenvalue weighted by Crippen LogP contribution is 2.17. The zero-order valence-electron chi connectivity index (χ0n) is 8.38. The van der Waals surface area contributed by atoms with Crippen LogP contribution in [0, 0.1) is 5.82 Å². The Balaban J connectivity index is 2.19. The quantitative estimate of drug-likeness (QED) is 0.588. The lowest BCUT2D eigenvalue weighted by Gasteiger charge is -2.18. The van der Waals surface area contributed by atoms with Crippen molar-refractivity contribution in [3.8, 4) is 0 Å². The van der Waals surface area contributed by atoms with Crippen molar-refractivity contribution in [1.82, 2.24) is 4.31 Å². The fourth-order valence-electron chi connectivity index (χ4n) is 1.50. The van der Waals surface area contributed by atoms with Gasteiger partial charge in [0.15, 0.2) is 0 Å². The summed E-state index contributed by atoms with van der Waals surface area (Å²) >= 11 is 0. The number of nitrogens with zero attached hydrogens (tertiary/aromatic N) is 1. The summed E-state index contributed by atoms with van der Waals surface area (Å²) in [5, 5.41) is 0. The van der Waals surface area contributed by atoms with Gasteiger partial charge in [0, 0.05) is 6.54 Å². The third-order valence-electron chi connectivity index (χ3n) is 2.32. The van der Waals surface area contributed by atoms with Gasteiger partial charge in [0.1, 0.15) is 23.1 Å². The highest BCUT2D eigenvalue weighted by atomic mass is 32.2. The highest BCUT2D eigenvalue weighted by Gasteiger charge is 2.25. The van der Waals surface area contributed by atoms with Crippen LogP contribution in [-0.4, -0.2) is 27.4 Å². The zero-order valence-corrected chi connectivity index (χ0v) is 9.19. The van der Waals surface area contributed by atoms with Crippen LogP contribution in [-0.2, 0) is 15.8 Å². The summed E-state index contributed by atoms with van der Waals surface area (Å²) in [7, 11) is -1.42. The molecule has 1 aromatic rings. The van der Waals surface area contributed by atoms with Gasteiger partial charge < -0.3 is 4.79 Å². The molecule has 84 valence electrons. The topological polar surface area (TPSA) is 37.4 Å². The number of halogens is 1. The second-order valence-electron chi connectivity index (χ2n) is 3.36. The summed E-state index contributed by atoms with van der Waals surface area (Å²) in [5.41, 5.74) is 0. The summed E-state index contributed by atoms with van der Waals surface area (Å²) in [6.45, 7) is 0.466. The van der Waals surface area contributed by atoms with Gasteiger partial charge in [0.2, 0.25) is 0 Å². The molecule has 1 aromatic carbocycles. The largest absolute Gasteiger partial charge is 0.301 e. The predicted octanol–water partition coefficient (Wildman–Crippen LogP) is 1.29. The average molecular weight is 239 g/mol. The van der Waals surface area contributed by atoms with Crippen molar-refractivity contribution in [2.24, 2.45) is 0 Å². The summed E-state index contributed by atoms with van der Waals surface area (Å²) in [5.74, 6) is -0.368. The lowest BCUT2D eigenvalue weighted by Crippen LogP contribution is -2.32. The Morgan fingerprint density at radius 1 is 1.38 bits per heavy atom. The van der Waals surface area contributed by atoms with Crippen LogP contribution in [0.15, 0.2) is 41.3 Å². The monoisotopic (exact) mass is 239 g/mol. The van der Waals surface area contributed by atoms with Gasteiger partial charge in [-0.05, 0) is 24.3 Å². The Labute approximate surface area is 95.2 Å². The number of benzene rings is 1. The molecule has 0 fully saturated rings. The molecule has 1 heterocycles. The summed E-state index contributed by atoms with van der Waals surface area (Å²) in [6.07, 6.45) is 4.24. The molecule has 0 N–H and O–H groups in total. The van der Waals surface area contributed by atoms with Gasteiger partial charge in [0.05, 0.1) is 10.9 Å². The van der Waals surface area contributed by atoms with Gasteiger partial charge in [-0.25, -0.2) is 12.9 Å². The van der Waals surface area contributed by atoms with E-state index in [0.717, 1.165) is 6.29 Å². The number of carbonyl (C=O) groups is 1. The number of hydrogen-bond donors (Lipinski definition) is 0. The predicted molar refractivity (Wildman–Crippen MR) is 58.5 cm³/mol. The van der Waals surface area contributed by atoms with Crippen LogP contribution in [0.25, 0.3) is 0 Å². The van der Waals surface area contributed by atoms with Gasteiger partial charge in [-0.2, -0.15) is 0 Å². The maximum Gasteiger partial charge on any atom is 0.142 e. The molecular formula is C11H10FNO2S. The van der Waals surface area contributed by atoms with Crippen molar-refractivity contribution in [1.29, 1.82) is 0 Å². The number of carbonyl (C=O) groups excluding carboxylic acids is 1. The van der Waals surface area contributed by atoms with E-state index in [4.69, 9.17) is 0 Å². The van der Waals surface area contributed by atoms with E-state index in [-0.39, 0.29) is 5.82 Å². The van der Waals surface area contributed by atoms with E-state index in [1.54, 1.807) is 16.5 Å². The van der Waals surface area contributed by atoms with Crippen LogP contribution < -0.4 is 0 Å². The fraction of sp³-hybridized carbons (Fsp3) is 0.182. The van der Waals surface area contributed by atoms with Crippen molar-refractivity contribution in [3.05, 3.63) is 42.2 Å². The maximum atomic E-state index is 12.7. The summed E-state index contributed by atoms with van der Waals surface area (Å²) < 4.78 is 26.3. The molecule has 0 amide bonds. The summed E-state index contributed by atoms with van der Waals surface area (Å²) in [4.78, 5) is 11.2. The van der Waals surface area contributed by atoms with E-state index in [0.29, 0.717) is 11.4 Å². The Kier molecular flexibility index (Phi) is 3.26. The van der Waals surface area contributed by atoms with Crippen molar-refractivity contribution in [2.45, 2.75) is 10.9 Å². The van der Waals surface area contributed by atoms with Gasteiger partial charge in [-0.3, -0.25) is 0 Å². The second-order valence-corrected chi connectivity index (χ2v) is 4.80. The minimum atomic E-state index is -1.42. The Bertz CT molecular complexity index is 444. The first-order chi connectivity index (χ1) is 7.72. The molecule has 0 aromatic heterocycles. The maximum absolute atomic E-state index is 12.7. The van der Waals surface area contributed by atoms with Crippen LogP contribution >= 0.6 is 0 Å². The minimum Gasteiger partial charge on any atom is -0.301 e. The molecule has 1 aliphatic heterocycles. The van der Waals surface area contributed by atoms with Crippen molar-refractivity contribution < 1.29 is 13.4 Å². The number of rotatable bonds is 3. The van der Waals surface area contributed by atoms with E-state index in [9.17, 15) is 13.4 Å². The van der Waals surface area contributed by atoms with Gasteiger partial charge >= 0.3 is 0 Å². The second kappa shape index (κ2) is 4.67. The normalized spacial score (nSPS) is 22.2. The molecule has 2 atom stereocenters. The molecule has 0 saturated carbocycles. The molecule has 0 saturated heterocycles. The first-order valence-corrected chi connectivity index (χ1v) is 5.89. The first-order valence-electron chi connectivity index (χ1n) is 4.78. The molecule has 0 bridgehead atoms. The molecule has 0 radical (unpaired) electrons. The van der Waals surface area contributed by atoms with Crippen LogP contribution in [0.5, 0.6) is 0 Å². The van der Waals surface area contributed by atoms with Crippen molar-refractivity contribution in [3.63, 3.8) is 0 Å². The smallest absolute Gasteiger partial charge is 0.142 e. The van der Waals surface area contributed by atoms with E-state index < -0.39 is 17.0 Å². The lowest BCUT2D eigenvalue weighted by molar-refractivity contribution is -0.109. The number of hydrogen-bond acceptors (Lipinski definition) is 2. The van der Waals surface area contributed by atoms with Gasteiger partial charge in [0.25, 0.3) is 0 Å². The molecule has 0 aliphatic carbocycles. The molecule has 5 heteroatoms. The summed E-state index contributed by atoms with van der Waals surface area (Å²) in [6, 6.07) is 4.99. The highest BCUT2D eigenvalue weighted by molar-refractivity contribution is 7.82. The fourth-order valence-corrected chi connectivity index (χ4v) is 2.70. The molecule has 3 nitrogen and oxygen atoms in total. The van der Waals surface area contributed by atoms with E-state index >= 15 is 0 Å². The Morgan fingerprint density at radius 2 is 2.06 bits per heavy atom. The Morgan fingerprint density at radius 3 is 2.69 bits per heavy atom. The van der Waals surface area contributed by atoms with Crippen molar-refractivity contribution >= 4 is 17.3 Å². The van der Waals surface area contributed by atoms with E-state index in [1.165, 1.54) is 24.3 Å². The average Bonchev–Trinajstić information content (AvgIpc) is 2.77. The van der Waals surface area contributed by atoms with Crippen LogP contribution in [0.2, 0.25) is 0 Å². The Hall–Kier alpha value is -1.33. The van der Waals surface area contributed by atoms with Gasteiger partial charge in [-0.1, -0.05) is 12.2 Å². The van der Waals surface area contributed by atoms with Crippen molar-refractivity contribution in [2.75, 3.05) is 6.54 Å².